The molecule has 0 saturated heterocycles. The molecule has 1 aromatic rings. The first-order chi connectivity index (χ1) is 7.20. The van der Waals surface area contributed by atoms with Crippen molar-refractivity contribution in [3.8, 4) is 0 Å². The van der Waals surface area contributed by atoms with Crippen LogP contribution in [0, 0.1) is 0 Å². The Morgan fingerprint density at radius 1 is 1.27 bits per heavy atom. The van der Waals surface area contributed by atoms with Crippen molar-refractivity contribution >= 4 is 5.91 Å². The second-order valence-electron chi connectivity index (χ2n) is 3.70. The number of nitrogens with two attached hydrogens (primary N) is 1. The number of carbonyl (C=O) groups is 1. The van der Waals surface area contributed by atoms with Gasteiger partial charge in [-0.15, -0.1) is 0 Å². The van der Waals surface area contributed by atoms with Crippen LogP contribution in [-0.4, -0.2) is 18.0 Å². The van der Waals surface area contributed by atoms with Crippen LogP contribution in [0.1, 0.15) is 24.8 Å². The zero-order chi connectivity index (χ0) is 11.1. The lowest BCUT2D eigenvalue weighted by molar-refractivity contribution is -0.130. The SMILES string of the molecule is CN(N)C(=O)CCCCc1ccccc1. The molecule has 1 amide bonds. The number of unbranched alkanes of at least 4 members (excludes halogenated alkanes) is 1. The number of rotatable bonds is 5. The fourth-order valence-electron chi connectivity index (χ4n) is 1.43. The predicted octanol–water partition coefficient (Wildman–Crippen LogP) is 1.73. The first-order valence-electron chi connectivity index (χ1n) is 5.25. The van der Waals surface area contributed by atoms with E-state index in [2.05, 4.69) is 12.1 Å². The molecule has 0 aromatic heterocycles. The summed E-state index contributed by atoms with van der Waals surface area (Å²) in [5.41, 5.74) is 1.33. The second-order valence-corrected chi connectivity index (χ2v) is 3.70. The van der Waals surface area contributed by atoms with E-state index in [1.165, 1.54) is 5.56 Å². The summed E-state index contributed by atoms with van der Waals surface area (Å²) in [4.78, 5) is 11.2. The Morgan fingerprint density at radius 2 is 1.93 bits per heavy atom. The molecule has 0 aliphatic heterocycles. The highest BCUT2D eigenvalue weighted by Gasteiger charge is 2.03. The Hall–Kier alpha value is -1.35. The van der Waals surface area contributed by atoms with Crippen molar-refractivity contribution in [3.05, 3.63) is 35.9 Å². The van der Waals surface area contributed by atoms with Gasteiger partial charge in [0.05, 0.1) is 0 Å². The first kappa shape index (κ1) is 11.7. The van der Waals surface area contributed by atoms with Crippen LogP contribution in [0.15, 0.2) is 30.3 Å². The molecule has 15 heavy (non-hydrogen) atoms. The molecule has 0 bridgehead atoms. The number of benzene rings is 1. The summed E-state index contributed by atoms with van der Waals surface area (Å²) in [6, 6.07) is 10.3. The van der Waals surface area contributed by atoms with E-state index in [0.29, 0.717) is 6.42 Å². The number of carbonyl (C=O) groups excluding carboxylic acids is 1. The summed E-state index contributed by atoms with van der Waals surface area (Å²) in [7, 11) is 1.58. The largest absolute Gasteiger partial charge is 0.284 e. The van der Waals surface area contributed by atoms with E-state index in [9.17, 15) is 4.79 Å². The molecular formula is C12H18N2O. The van der Waals surface area contributed by atoms with Gasteiger partial charge in [-0.3, -0.25) is 9.80 Å². The van der Waals surface area contributed by atoms with E-state index in [4.69, 9.17) is 5.84 Å². The Balaban J connectivity index is 2.15. The van der Waals surface area contributed by atoms with Crippen molar-refractivity contribution in [3.63, 3.8) is 0 Å². The topological polar surface area (TPSA) is 46.3 Å². The van der Waals surface area contributed by atoms with Crippen LogP contribution in [0.4, 0.5) is 0 Å². The molecule has 3 heteroatoms. The number of hydrazine groups is 1. The summed E-state index contributed by atoms with van der Waals surface area (Å²) in [5, 5.41) is 1.16. The zero-order valence-electron chi connectivity index (χ0n) is 9.15. The van der Waals surface area contributed by atoms with Gasteiger partial charge in [0.2, 0.25) is 5.91 Å². The number of nitrogens with zero attached hydrogens (tertiary/aromatic N) is 1. The molecule has 0 atom stereocenters. The first-order valence-corrected chi connectivity index (χ1v) is 5.25. The summed E-state index contributed by atoms with van der Waals surface area (Å²) in [6.07, 6.45) is 3.50. The molecule has 82 valence electrons. The maximum atomic E-state index is 11.2. The molecule has 0 saturated carbocycles. The molecule has 0 spiro atoms. The van der Waals surface area contributed by atoms with Crippen molar-refractivity contribution < 1.29 is 4.79 Å². The molecule has 3 nitrogen and oxygen atoms in total. The number of hydrogen-bond acceptors (Lipinski definition) is 2. The predicted molar refractivity (Wildman–Crippen MR) is 61.0 cm³/mol. The van der Waals surface area contributed by atoms with Gasteiger partial charge in [-0.1, -0.05) is 30.3 Å². The summed E-state index contributed by atoms with van der Waals surface area (Å²) >= 11 is 0. The van der Waals surface area contributed by atoms with Crippen molar-refractivity contribution in [2.24, 2.45) is 5.84 Å². The number of aryl methyl sites for hydroxylation is 1. The van der Waals surface area contributed by atoms with E-state index < -0.39 is 0 Å². The minimum atomic E-state index is 0.00283. The number of hydrogen-bond donors (Lipinski definition) is 1. The van der Waals surface area contributed by atoms with Gasteiger partial charge >= 0.3 is 0 Å². The van der Waals surface area contributed by atoms with Crippen molar-refractivity contribution in [1.82, 2.24) is 5.01 Å². The minimum absolute atomic E-state index is 0.00283. The van der Waals surface area contributed by atoms with Crippen molar-refractivity contribution in [1.29, 1.82) is 0 Å². The molecule has 0 unspecified atom stereocenters. The van der Waals surface area contributed by atoms with Gasteiger partial charge in [0.25, 0.3) is 0 Å². The highest BCUT2D eigenvalue weighted by atomic mass is 16.2. The van der Waals surface area contributed by atoms with Crippen LogP contribution < -0.4 is 5.84 Å². The minimum Gasteiger partial charge on any atom is -0.284 e. The lowest BCUT2D eigenvalue weighted by Crippen LogP contribution is -2.32. The molecular weight excluding hydrogens is 188 g/mol. The summed E-state index contributed by atoms with van der Waals surface area (Å²) in [6.45, 7) is 0. The van der Waals surface area contributed by atoms with Crippen molar-refractivity contribution in [2.45, 2.75) is 25.7 Å². The normalized spacial score (nSPS) is 10.0. The van der Waals surface area contributed by atoms with Crippen LogP contribution in [0.3, 0.4) is 0 Å². The zero-order valence-corrected chi connectivity index (χ0v) is 9.15. The average molecular weight is 206 g/mol. The summed E-state index contributed by atoms with van der Waals surface area (Å²) < 4.78 is 0. The standard InChI is InChI=1S/C12H18N2O/c1-14(13)12(15)10-6-5-9-11-7-3-2-4-8-11/h2-4,7-8H,5-6,9-10,13H2,1H3. The maximum absolute atomic E-state index is 11.2. The van der Waals surface area contributed by atoms with Crippen LogP contribution in [-0.2, 0) is 11.2 Å². The third-order valence-electron chi connectivity index (χ3n) is 2.34. The Labute approximate surface area is 90.9 Å². The van der Waals surface area contributed by atoms with Gasteiger partial charge < -0.3 is 0 Å². The fourth-order valence-corrected chi connectivity index (χ4v) is 1.43. The number of amides is 1. The lowest BCUT2D eigenvalue weighted by atomic mass is 10.1. The van der Waals surface area contributed by atoms with Crippen LogP contribution in [0.2, 0.25) is 0 Å². The molecule has 1 rings (SSSR count). The highest BCUT2D eigenvalue weighted by Crippen LogP contribution is 2.06. The van der Waals surface area contributed by atoms with Crippen LogP contribution in [0.25, 0.3) is 0 Å². The maximum Gasteiger partial charge on any atom is 0.236 e. The Bertz CT molecular complexity index is 296. The monoisotopic (exact) mass is 206 g/mol. The highest BCUT2D eigenvalue weighted by molar-refractivity contribution is 5.75. The van der Waals surface area contributed by atoms with E-state index in [0.717, 1.165) is 24.3 Å². The van der Waals surface area contributed by atoms with Crippen molar-refractivity contribution in [2.75, 3.05) is 7.05 Å². The fraction of sp³-hybridized carbons (Fsp3) is 0.417. The second kappa shape index (κ2) is 6.19. The third kappa shape index (κ3) is 4.61. The van der Waals surface area contributed by atoms with E-state index in [1.807, 2.05) is 18.2 Å². The molecule has 0 radical (unpaired) electrons. The van der Waals surface area contributed by atoms with E-state index in [1.54, 1.807) is 7.05 Å². The lowest BCUT2D eigenvalue weighted by Gasteiger charge is -2.09. The smallest absolute Gasteiger partial charge is 0.236 e. The molecule has 0 heterocycles. The van der Waals surface area contributed by atoms with Gasteiger partial charge in [-0.05, 0) is 24.8 Å². The molecule has 1 aromatic carbocycles. The van der Waals surface area contributed by atoms with Crippen LogP contribution in [0.5, 0.6) is 0 Å². The van der Waals surface area contributed by atoms with Gasteiger partial charge in [-0.25, -0.2) is 5.84 Å². The van der Waals surface area contributed by atoms with Gasteiger partial charge in [0.1, 0.15) is 0 Å². The Kier molecular flexibility index (Phi) is 4.84. The molecule has 0 aliphatic rings. The van der Waals surface area contributed by atoms with Crippen LogP contribution >= 0.6 is 0 Å². The summed E-state index contributed by atoms with van der Waals surface area (Å²) in [5.74, 6) is 5.32. The third-order valence-corrected chi connectivity index (χ3v) is 2.34. The van der Waals surface area contributed by atoms with Gasteiger partial charge in [-0.2, -0.15) is 0 Å². The molecule has 0 fully saturated rings. The van der Waals surface area contributed by atoms with E-state index >= 15 is 0 Å². The van der Waals surface area contributed by atoms with Gasteiger partial charge in [0.15, 0.2) is 0 Å². The quantitative estimate of drug-likeness (QED) is 0.345. The average Bonchev–Trinajstić information content (AvgIpc) is 2.25. The van der Waals surface area contributed by atoms with E-state index in [-0.39, 0.29) is 5.91 Å². The van der Waals surface area contributed by atoms with Gasteiger partial charge in [0, 0.05) is 13.5 Å². The Morgan fingerprint density at radius 3 is 2.53 bits per heavy atom. The molecule has 0 aliphatic carbocycles. The molecule has 2 N–H and O–H groups in total.